The number of hydrogen-bond acceptors (Lipinski definition) is 8. The van der Waals surface area contributed by atoms with E-state index in [1.807, 2.05) is 6.92 Å². The lowest BCUT2D eigenvalue weighted by atomic mass is 9.99. The SMILES string of the molecule is CCc1cnc(C2CN(c3cnc(C(F)(F)F)cn3)CCN2C(=O)C2CCS(=O)(=O)CC2)s1. The molecule has 0 aliphatic carbocycles. The van der Waals surface area contributed by atoms with Crippen molar-refractivity contribution in [3.05, 3.63) is 34.2 Å². The minimum atomic E-state index is -4.57. The highest BCUT2D eigenvalue weighted by atomic mass is 32.2. The van der Waals surface area contributed by atoms with E-state index in [4.69, 9.17) is 0 Å². The molecule has 13 heteroatoms. The van der Waals surface area contributed by atoms with Gasteiger partial charge < -0.3 is 9.80 Å². The number of anilines is 1. The van der Waals surface area contributed by atoms with Crippen LogP contribution in [0, 0.1) is 5.92 Å². The molecule has 0 aromatic carbocycles. The molecule has 2 saturated heterocycles. The number of aromatic nitrogens is 3. The average Bonchev–Trinajstić information content (AvgIpc) is 3.27. The summed E-state index contributed by atoms with van der Waals surface area (Å²) in [5.74, 6) is -0.143. The van der Waals surface area contributed by atoms with E-state index in [-0.39, 0.29) is 23.3 Å². The summed E-state index contributed by atoms with van der Waals surface area (Å²) < 4.78 is 62.1. The summed E-state index contributed by atoms with van der Waals surface area (Å²) in [7, 11) is -3.09. The molecule has 0 spiro atoms. The van der Waals surface area contributed by atoms with Gasteiger partial charge in [0, 0.05) is 36.6 Å². The van der Waals surface area contributed by atoms with Crippen LogP contribution in [-0.4, -0.2) is 65.3 Å². The molecular formula is C20H24F3N5O3S2. The summed E-state index contributed by atoms with van der Waals surface area (Å²) in [6.07, 6.45) is 0.419. The summed E-state index contributed by atoms with van der Waals surface area (Å²) in [5.41, 5.74) is -1.06. The molecule has 1 unspecified atom stereocenters. The zero-order valence-electron chi connectivity index (χ0n) is 18.0. The van der Waals surface area contributed by atoms with Gasteiger partial charge in [0.1, 0.15) is 26.7 Å². The highest BCUT2D eigenvalue weighted by molar-refractivity contribution is 7.91. The largest absolute Gasteiger partial charge is 0.434 e. The minimum absolute atomic E-state index is 0.00637. The molecule has 2 aliphatic heterocycles. The monoisotopic (exact) mass is 503 g/mol. The molecule has 8 nitrogen and oxygen atoms in total. The van der Waals surface area contributed by atoms with Gasteiger partial charge in [-0.3, -0.25) is 4.79 Å². The lowest BCUT2D eigenvalue weighted by Gasteiger charge is -2.42. The van der Waals surface area contributed by atoms with Crippen LogP contribution in [0.2, 0.25) is 0 Å². The number of aryl methyl sites for hydroxylation is 1. The minimum Gasteiger partial charge on any atom is -0.351 e. The molecule has 2 aromatic rings. The number of amides is 1. The molecule has 1 amide bonds. The zero-order chi connectivity index (χ0) is 23.8. The maximum absolute atomic E-state index is 13.4. The first-order chi connectivity index (χ1) is 15.6. The number of carbonyl (C=O) groups excluding carboxylic acids is 1. The third kappa shape index (κ3) is 5.29. The fourth-order valence-corrected chi connectivity index (χ4v) is 6.56. The van der Waals surface area contributed by atoms with Crippen molar-refractivity contribution in [2.24, 2.45) is 5.92 Å². The lowest BCUT2D eigenvalue weighted by molar-refractivity contribution is -0.141. The number of nitrogens with zero attached hydrogens (tertiary/aromatic N) is 5. The van der Waals surface area contributed by atoms with E-state index < -0.39 is 27.7 Å². The van der Waals surface area contributed by atoms with Crippen LogP contribution in [0.3, 0.4) is 0 Å². The molecule has 1 atom stereocenters. The zero-order valence-corrected chi connectivity index (χ0v) is 19.6. The maximum Gasteiger partial charge on any atom is 0.434 e. The quantitative estimate of drug-likeness (QED) is 0.633. The van der Waals surface area contributed by atoms with Gasteiger partial charge in [0.15, 0.2) is 5.69 Å². The molecule has 4 rings (SSSR count). The highest BCUT2D eigenvalue weighted by Gasteiger charge is 2.39. The normalized spacial score (nSPS) is 21.9. The van der Waals surface area contributed by atoms with Crippen molar-refractivity contribution in [3.8, 4) is 0 Å². The second-order valence-corrected chi connectivity index (χ2v) is 11.6. The summed E-state index contributed by atoms with van der Waals surface area (Å²) in [5, 5.41) is 0.744. The first-order valence-corrected chi connectivity index (χ1v) is 13.3. The molecule has 0 saturated carbocycles. The smallest absolute Gasteiger partial charge is 0.351 e. The third-order valence-corrected chi connectivity index (χ3v) is 8.98. The Labute approximate surface area is 193 Å². The molecule has 33 heavy (non-hydrogen) atoms. The second-order valence-electron chi connectivity index (χ2n) is 8.20. The van der Waals surface area contributed by atoms with Crippen LogP contribution in [0.25, 0.3) is 0 Å². The van der Waals surface area contributed by atoms with E-state index >= 15 is 0 Å². The fourth-order valence-electron chi connectivity index (χ4n) is 4.11. The summed E-state index contributed by atoms with van der Waals surface area (Å²) in [6, 6.07) is -0.404. The van der Waals surface area contributed by atoms with Crippen molar-refractivity contribution in [2.75, 3.05) is 36.0 Å². The Morgan fingerprint density at radius 3 is 2.42 bits per heavy atom. The van der Waals surface area contributed by atoms with Crippen LogP contribution >= 0.6 is 11.3 Å². The molecule has 2 aliphatic rings. The Bertz CT molecular complexity index is 1090. The number of hydrogen-bond donors (Lipinski definition) is 0. The van der Waals surface area contributed by atoms with Crippen LogP contribution < -0.4 is 4.90 Å². The van der Waals surface area contributed by atoms with Crippen LogP contribution in [-0.2, 0) is 27.2 Å². The van der Waals surface area contributed by atoms with Crippen LogP contribution in [0.4, 0.5) is 19.0 Å². The van der Waals surface area contributed by atoms with E-state index in [9.17, 15) is 26.4 Å². The number of halogens is 3. The number of piperazine rings is 1. The predicted molar refractivity (Wildman–Crippen MR) is 117 cm³/mol. The molecular weight excluding hydrogens is 479 g/mol. The van der Waals surface area contributed by atoms with Gasteiger partial charge in [-0.2, -0.15) is 13.2 Å². The van der Waals surface area contributed by atoms with Gasteiger partial charge in [-0.15, -0.1) is 11.3 Å². The van der Waals surface area contributed by atoms with Crippen molar-refractivity contribution < 1.29 is 26.4 Å². The van der Waals surface area contributed by atoms with Gasteiger partial charge in [-0.05, 0) is 19.3 Å². The summed E-state index contributed by atoms with van der Waals surface area (Å²) in [6.45, 7) is 3.02. The predicted octanol–water partition coefficient (Wildman–Crippen LogP) is 2.73. The Morgan fingerprint density at radius 2 is 1.85 bits per heavy atom. The Balaban J connectivity index is 1.56. The van der Waals surface area contributed by atoms with Gasteiger partial charge >= 0.3 is 6.18 Å². The van der Waals surface area contributed by atoms with Gasteiger partial charge in [-0.25, -0.2) is 23.4 Å². The van der Waals surface area contributed by atoms with E-state index in [1.54, 1.807) is 16.0 Å². The third-order valence-electron chi connectivity index (χ3n) is 6.02. The Kier molecular flexibility index (Phi) is 6.63. The molecule has 2 fully saturated rings. The van der Waals surface area contributed by atoms with E-state index in [1.165, 1.54) is 11.3 Å². The molecule has 4 heterocycles. The van der Waals surface area contributed by atoms with E-state index in [0.717, 1.165) is 22.5 Å². The first-order valence-electron chi connectivity index (χ1n) is 10.7. The number of alkyl halides is 3. The Morgan fingerprint density at radius 1 is 1.12 bits per heavy atom. The number of thiazole rings is 1. The van der Waals surface area contributed by atoms with Crippen molar-refractivity contribution in [1.29, 1.82) is 0 Å². The topological polar surface area (TPSA) is 96.4 Å². The van der Waals surface area contributed by atoms with Gasteiger partial charge in [0.25, 0.3) is 0 Å². The van der Waals surface area contributed by atoms with Crippen LogP contribution in [0.5, 0.6) is 0 Å². The van der Waals surface area contributed by atoms with Gasteiger partial charge in [0.2, 0.25) is 5.91 Å². The van der Waals surface area contributed by atoms with Gasteiger partial charge in [0.05, 0.1) is 23.9 Å². The molecule has 180 valence electrons. The number of sulfone groups is 1. The van der Waals surface area contributed by atoms with Crippen LogP contribution in [0.1, 0.15) is 41.4 Å². The molecule has 0 radical (unpaired) electrons. The molecule has 0 N–H and O–H groups in total. The lowest BCUT2D eigenvalue weighted by Crippen LogP contribution is -2.53. The second kappa shape index (κ2) is 9.16. The maximum atomic E-state index is 13.4. The van der Waals surface area contributed by atoms with Crippen molar-refractivity contribution in [1.82, 2.24) is 19.9 Å². The highest BCUT2D eigenvalue weighted by Crippen LogP contribution is 2.34. The average molecular weight is 504 g/mol. The molecule has 0 bridgehead atoms. The van der Waals surface area contributed by atoms with E-state index in [2.05, 4.69) is 15.0 Å². The number of rotatable bonds is 4. The van der Waals surface area contributed by atoms with Crippen molar-refractivity contribution in [3.63, 3.8) is 0 Å². The standard InChI is InChI=1S/C20H24F3N5O3S2/c1-2-14-9-26-18(32-14)15-12-27(17-11-24-16(10-25-17)20(21,22)23)5-6-28(15)19(29)13-3-7-33(30,31)8-4-13/h9-11,13,15H,2-8,12H2,1H3. The van der Waals surface area contributed by atoms with Gasteiger partial charge in [-0.1, -0.05) is 6.92 Å². The molecule has 2 aromatic heterocycles. The first kappa shape index (κ1) is 23.9. The Hall–Kier alpha value is -2.28. The fraction of sp³-hybridized carbons (Fsp3) is 0.600. The summed E-state index contributed by atoms with van der Waals surface area (Å²) in [4.78, 5) is 29.9. The number of carbonyl (C=O) groups is 1. The van der Waals surface area contributed by atoms with E-state index in [0.29, 0.717) is 44.5 Å². The summed E-state index contributed by atoms with van der Waals surface area (Å²) >= 11 is 1.50. The van der Waals surface area contributed by atoms with Crippen molar-refractivity contribution in [2.45, 2.75) is 38.4 Å². The van der Waals surface area contributed by atoms with Crippen molar-refractivity contribution >= 4 is 32.9 Å². The van der Waals surface area contributed by atoms with Crippen LogP contribution in [0.15, 0.2) is 18.6 Å².